The van der Waals surface area contributed by atoms with E-state index in [1.807, 2.05) is 13.8 Å². The van der Waals surface area contributed by atoms with Crippen LogP contribution < -0.4 is 16.4 Å². The van der Waals surface area contributed by atoms with E-state index in [0.717, 1.165) is 6.42 Å². The Labute approximate surface area is 125 Å². The van der Waals surface area contributed by atoms with E-state index < -0.39 is 5.54 Å². The molecule has 5 heteroatoms. The summed E-state index contributed by atoms with van der Waals surface area (Å²) in [6.07, 6.45) is 0.959. The number of hydrogen-bond donors (Lipinski definition) is 3. The van der Waals surface area contributed by atoms with Gasteiger partial charge in [0.15, 0.2) is 0 Å². The monoisotopic (exact) mass is 289 g/mol. The highest BCUT2D eigenvalue weighted by molar-refractivity contribution is 5.97. The van der Waals surface area contributed by atoms with Crippen molar-refractivity contribution in [1.82, 2.24) is 5.32 Å². The van der Waals surface area contributed by atoms with Crippen molar-refractivity contribution in [3.05, 3.63) is 29.8 Å². The van der Waals surface area contributed by atoms with Gasteiger partial charge in [0.2, 0.25) is 5.91 Å². The maximum atomic E-state index is 12.1. The first-order valence-corrected chi connectivity index (χ1v) is 7.26. The molecule has 5 nitrogen and oxygen atoms in total. The van der Waals surface area contributed by atoms with Gasteiger partial charge >= 0.3 is 0 Å². The molecule has 1 aliphatic carbocycles. The molecular weight excluding hydrogens is 266 g/mol. The number of carbonyl (C=O) groups is 2. The second kappa shape index (κ2) is 5.85. The SMILES string of the molecule is CC1CC1C(=O)Nc1ccc(C(=O)NC(C)(C)CN)cc1. The average Bonchev–Trinajstić information content (AvgIpc) is 3.16. The molecule has 0 aliphatic heterocycles. The summed E-state index contributed by atoms with van der Waals surface area (Å²) < 4.78 is 0. The molecule has 2 unspecified atom stereocenters. The van der Waals surface area contributed by atoms with Crippen molar-refractivity contribution < 1.29 is 9.59 Å². The van der Waals surface area contributed by atoms with Crippen LogP contribution in [0.25, 0.3) is 0 Å². The van der Waals surface area contributed by atoms with Crippen LogP contribution in [0.5, 0.6) is 0 Å². The van der Waals surface area contributed by atoms with Crippen molar-refractivity contribution >= 4 is 17.5 Å². The van der Waals surface area contributed by atoms with E-state index in [9.17, 15) is 9.59 Å². The number of amides is 2. The van der Waals surface area contributed by atoms with Gasteiger partial charge in [0.05, 0.1) is 0 Å². The quantitative estimate of drug-likeness (QED) is 0.772. The molecule has 1 fully saturated rings. The zero-order chi connectivity index (χ0) is 15.6. The zero-order valence-corrected chi connectivity index (χ0v) is 12.8. The number of rotatable bonds is 5. The summed E-state index contributed by atoms with van der Waals surface area (Å²) in [5, 5.41) is 5.73. The molecule has 2 atom stereocenters. The molecule has 1 saturated carbocycles. The van der Waals surface area contributed by atoms with Gasteiger partial charge in [-0.25, -0.2) is 0 Å². The van der Waals surface area contributed by atoms with E-state index in [-0.39, 0.29) is 17.7 Å². The van der Waals surface area contributed by atoms with Crippen LogP contribution in [0.4, 0.5) is 5.69 Å². The van der Waals surface area contributed by atoms with Gasteiger partial charge in [0.1, 0.15) is 0 Å². The molecule has 1 aromatic rings. The van der Waals surface area contributed by atoms with Crippen LogP contribution in [0.2, 0.25) is 0 Å². The van der Waals surface area contributed by atoms with E-state index in [2.05, 4.69) is 17.6 Å². The third kappa shape index (κ3) is 4.04. The molecule has 21 heavy (non-hydrogen) atoms. The van der Waals surface area contributed by atoms with Crippen molar-refractivity contribution in [1.29, 1.82) is 0 Å². The lowest BCUT2D eigenvalue weighted by Gasteiger charge is -2.24. The van der Waals surface area contributed by atoms with Gasteiger partial charge in [0.25, 0.3) is 5.91 Å². The van der Waals surface area contributed by atoms with Gasteiger partial charge in [-0.2, -0.15) is 0 Å². The Bertz CT molecular complexity index is 537. The van der Waals surface area contributed by atoms with Crippen LogP contribution >= 0.6 is 0 Å². The lowest BCUT2D eigenvalue weighted by molar-refractivity contribution is -0.117. The molecule has 2 amide bonds. The maximum absolute atomic E-state index is 12.1. The van der Waals surface area contributed by atoms with E-state index in [4.69, 9.17) is 5.73 Å². The van der Waals surface area contributed by atoms with Crippen molar-refractivity contribution in [3.63, 3.8) is 0 Å². The third-order valence-electron chi connectivity index (χ3n) is 3.82. The summed E-state index contributed by atoms with van der Waals surface area (Å²) in [5.41, 5.74) is 6.42. The van der Waals surface area contributed by atoms with Crippen molar-refractivity contribution in [2.75, 3.05) is 11.9 Å². The minimum absolute atomic E-state index is 0.0592. The van der Waals surface area contributed by atoms with Gasteiger partial charge in [0, 0.05) is 29.3 Å². The van der Waals surface area contributed by atoms with Crippen molar-refractivity contribution in [2.24, 2.45) is 17.6 Å². The van der Waals surface area contributed by atoms with Gasteiger partial charge in [-0.3, -0.25) is 9.59 Å². The predicted octanol–water partition coefficient (Wildman–Crippen LogP) is 1.75. The summed E-state index contributed by atoms with van der Waals surface area (Å²) in [7, 11) is 0. The molecule has 2 rings (SSSR count). The number of hydrogen-bond acceptors (Lipinski definition) is 3. The number of nitrogens with one attached hydrogen (secondary N) is 2. The van der Waals surface area contributed by atoms with Crippen LogP contribution in [0.1, 0.15) is 37.6 Å². The van der Waals surface area contributed by atoms with Crippen LogP contribution in [0.15, 0.2) is 24.3 Å². The maximum Gasteiger partial charge on any atom is 0.251 e. The van der Waals surface area contributed by atoms with Crippen LogP contribution in [0.3, 0.4) is 0 Å². The molecule has 1 aliphatic rings. The summed E-state index contributed by atoms with van der Waals surface area (Å²) >= 11 is 0. The molecule has 0 saturated heterocycles. The Kier molecular flexibility index (Phi) is 4.32. The first-order chi connectivity index (χ1) is 9.82. The van der Waals surface area contributed by atoms with E-state index >= 15 is 0 Å². The predicted molar refractivity (Wildman–Crippen MR) is 82.9 cm³/mol. The summed E-state index contributed by atoms with van der Waals surface area (Å²) in [4.78, 5) is 23.9. The smallest absolute Gasteiger partial charge is 0.251 e. The Balaban J connectivity index is 1.95. The largest absolute Gasteiger partial charge is 0.346 e. The summed E-state index contributed by atoms with van der Waals surface area (Å²) in [6.45, 7) is 6.18. The first kappa shape index (κ1) is 15.5. The van der Waals surface area contributed by atoms with Crippen molar-refractivity contribution in [3.8, 4) is 0 Å². The number of benzene rings is 1. The first-order valence-electron chi connectivity index (χ1n) is 7.26. The minimum Gasteiger partial charge on any atom is -0.346 e. The number of nitrogens with two attached hydrogens (primary N) is 1. The summed E-state index contributed by atoms with van der Waals surface area (Å²) in [6, 6.07) is 6.90. The summed E-state index contributed by atoms with van der Waals surface area (Å²) in [5.74, 6) is 0.509. The van der Waals surface area contributed by atoms with E-state index in [1.54, 1.807) is 24.3 Å². The van der Waals surface area contributed by atoms with Crippen molar-refractivity contribution in [2.45, 2.75) is 32.7 Å². The minimum atomic E-state index is -0.438. The van der Waals surface area contributed by atoms with Crippen LogP contribution in [-0.4, -0.2) is 23.9 Å². The topological polar surface area (TPSA) is 84.2 Å². The van der Waals surface area contributed by atoms with Crippen LogP contribution in [-0.2, 0) is 4.79 Å². The molecular formula is C16H23N3O2. The molecule has 0 heterocycles. The van der Waals surface area contributed by atoms with Gasteiger partial charge in [-0.15, -0.1) is 0 Å². The van der Waals surface area contributed by atoms with Gasteiger partial charge in [-0.05, 0) is 50.5 Å². The number of anilines is 1. The highest BCUT2D eigenvalue weighted by Crippen LogP contribution is 2.38. The highest BCUT2D eigenvalue weighted by Gasteiger charge is 2.39. The third-order valence-corrected chi connectivity index (χ3v) is 3.82. The molecule has 114 valence electrons. The number of carbonyl (C=O) groups excluding carboxylic acids is 2. The van der Waals surface area contributed by atoms with Crippen LogP contribution in [0, 0.1) is 11.8 Å². The Morgan fingerprint density at radius 3 is 2.33 bits per heavy atom. The molecule has 0 aromatic heterocycles. The molecule has 1 aromatic carbocycles. The highest BCUT2D eigenvalue weighted by atomic mass is 16.2. The molecule has 0 spiro atoms. The fourth-order valence-corrected chi connectivity index (χ4v) is 2.06. The molecule has 4 N–H and O–H groups in total. The Hall–Kier alpha value is -1.88. The fourth-order valence-electron chi connectivity index (χ4n) is 2.06. The lowest BCUT2D eigenvalue weighted by atomic mass is 10.1. The van der Waals surface area contributed by atoms with E-state index in [1.165, 1.54) is 0 Å². The molecule has 0 bridgehead atoms. The van der Waals surface area contributed by atoms with Gasteiger partial charge < -0.3 is 16.4 Å². The fraction of sp³-hybridized carbons (Fsp3) is 0.500. The molecule has 0 radical (unpaired) electrons. The second-order valence-corrected chi connectivity index (χ2v) is 6.43. The van der Waals surface area contributed by atoms with E-state index in [0.29, 0.717) is 23.7 Å². The zero-order valence-electron chi connectivity index (χ0n) is 12.8. The Morgan fingerprint density at radius 2 is 1.86 bits per heavy atom. The standard InChI is InChI=1S/C16H23N3O2/c1-10-8-13(10)15(21)18-12-6-4-11(5-7-12)14(20)19-16(2,3)9-17/h4-7,10,13H,8-9,17H2,1-3H3,(H,18,21)(H,19,20). The Morgan fingerprint density at radius 1 is 1.29 bits per heavy atom. The second-order valence-electron chi connectivity index (χ2n) is 6.43. The normalized spacial score (nSPS) is 20.8. The lowest BCUT2D eigenvalue weighted by Crippen LogP contribution is -2.48. The average molecular weight is 289 g/mol. The van der Waals surface area contributed by atoms with Gasteiger partial charge in [-0.1, -0.05) is 6.92 Å².